The average Bonchev–Trinajstić information content (AvgIpc) is 2.27. The van der Waals surface area contributed by atoms with E-state index in [-0.39, 0.29) is 5.75 Å². The highest BCUT2D eigenvalue weighted by Gasteiger charge is 2.13. The zero-order valence-electron chi connectivity index (χ0n) is 8.82. The molecule has 0 spiro atoms. The maximum Gasteiger partial charge on any atom is 0.203 e. The third-order valence-corrected chi connectivity index (χ3v) is 2.09. The standard InChI is InChI=1S/C10H15NO4/c1-13-8-4-3-7(5-6-15-11)9(12)10(8)14-2/h3-4,12H,5-6,11H2,1-2H3. The van der Waals surface area contributed by atoms with Crippen molar-refractivity contribution in [2.24, 2.45) is 5.90 Å². The minimum Gasteiger partial charge on any atom is -0.504 e. The van der Waals surface area contributed by atoms with Crippen molar-refractivity contribution in [3.63, 3.8) is 0 Å². The van der Waals surface area contributed by atoms with Gasteiger partial charge in [-0.2, -0.15) is 0 Å². The van der Waals surface area contributed by atoms with Crippen molar-refractivity contribution in [2.75, 3.05) is 20.8 Å². The zero-order valence-corrected chi connectivity index (χ0v) is 8.82. The summed E-state index contributed by atoms with van der Waals surface area (Å²) in [7, 11) is 2.99. The summed E-state index contributed by atoms with van der Waals surface area (Å²) in [5, 5.41) is 9.83. The van der Waals surface area contributed by atoms with Gasteiger partial charge in [-0.05, 0) is 6.07 Å². The maximum atomic E-state index is 9.83. The van der Waals surface area contributed by atoms with Crippen molar-refractivity contribution >= 4 is 0 Å². The molecule has 0 bridgehead atoms. The van der Waals surface area contributed by atoms with E-state index in [1.807, 2.05) is 0 Å². The van der Waals surface area contributed by atoms with Gasteiger partial charge in [0.2, 0.25) is 5.75 Å². The van der Waals surface area contributed by atoms with Gasteiger partial charge < -0.3 is 19.4 Å². The first-order valence-electron chi connectivity index (χ1n) is 4.49. The van der Waals surface area contributed by atoms with Crippen LogP contribution in [0.4, 0.5) is 0 Å². The molecular formula is C10H15NO4. The molecule has 0 aliphatic rings. The first kappa shape index (κ1) is 11.6. The van der Waals surface area contributed by atoms with Crippen LogP contribution in [0.5, 0.6) is 17.2 Å². The minimum absolute atomic E-state index is 0.0638. The van der Waals surface area contributed by atoms with Gasteiger partial charge in [0.15, 0.2) is 11.5 Å². The number of methoxy groups -OCH3 is 2. The van der Waals surface area contributed by atoms with Crippen LogP contribution in [0.1, 0.15) is 5.56 Å². The Hall–Kier alpha value is -1.46. The number of phenolic OH excluding ortho intramolecular Hbond substituents is 1. The normalized spacial score (nSPS) is 10.1. The van der Waals surface area contributed by atoms with Gasteiger partial charge in [-0.15, -0.1) is 0 Å². The number of rotatable bonds is 5. The largest absolute Gasteiger partial charge is 0.504 e. The summed E-state index contributed by atoms with van der Waals surface area (Å²) in [4.78, 5) is 4.45. The van der Waals surface area contributed by atoms with Crippen molar-refractivity contribution < 1.29 is 19.4 Å². The molecule has 5 heteroatoms. The van der Waals surface area contributed by atoms with Crippen LogP contribution in [0, 0.1) is 0 Å². The van der Waals surface area contributed by atoms with Crippen LogP contribution in [0.15, 0.2) is 12.1 Å². The zero-order chi connectivity index (χ0) is 11.3. The van der Waals surface area contributed by atoms with Gasteiger partial charge in [-0.25, -0.2) is 5.90 Å². The number of aromatic hydroxyl groups is 1. The number of hydrogen-bond acceptors (Lipinski definition) is 5. The van der Waals surface area contributed by atoms with Crippen LogP contribution >= 0.6 is 0 Å². The fourth-order valence-corrected chi connectivity index (χ4v) is 1.32. The number of benzene rings is 1. The molecule has 5 nitrogen and oxygen atoms in total. The van der Waals surface area contributed by atoms with Crippen molar-refractivity contribution in [2.45, 2.75) is 6.42 Å². The lowest BCUT2D eigenvalue weighted by atomic mass is 10.1. The van der Waals surface area contributed by atoms with Crippen LogP contribution in [-0.2, 0) is 11.3 Å². The first-order valence-corrected chi connectivity index (χ1v) is 4.49. The van der Waals surface area contributed by atoms with E-state index < -0.39 is 0 Å². The highest BCUT2D eigenvalue weighted by atomic mass is 16.6. The molecule has 0 unspecified atom stereocenters. The lowest BCUT2D eigenvalue weighted by Gasteiger charge is -2.12. The molecule has 1 aromatic carbocycles. The molecule has 3 N–H and O–H groups in total. The van der Waals surface area contributed by atoms with Crippen LogP contribution in [0.2, 0.25) is 0 Å². The Labute approximate surface area is 88.3 Å². The Kier molecular flexibility index (Phi) is 4.20. The SMILES string of the molecule is COc1ccc(CCON)c(O)c1OC. The van der Waals surface area contributed by atoms with Crippen molar-refractivity contribution in [1.29, 1.82) is 0 Å². The van der Waals surface area contributed by atoms with Gasteiger partial charge in [0.25, 0.3) is 0 Å². The van der Waals surface area contributed by atoms with Gasteiger partial charge in [-0.1, -0.05) is 6.07 Å². The molecule has 0 aromatic heterocycles. The Morgan fingerprint density at radius 2 is 2.00 bits per heavy atom. The summed E-state index contributed by atoms with van der Waals surface area (Å²) >= 11 is 0. The van der Waals surface area contributed by atoms with Gasteiger partial charge in [0.1, 0.15) is 0 Å². The molecule has 0 amide bonds. The van der Waals surface area contributed by atoms with Gasteiger partial charge in [0, 0.05) is 12.0 Å². The van der Waals surface area contributed by atoms with E-state index in [1.54, 1.807) is 12.1 Å². The van der Waals surface area contributed by atoms with Crippen molar-refractivity contribution in [3.8, 4) is 17.2 Å². The number of ether oxygens (including phenoxy) is 2. The molecule has 0 aliphatic carbocycles. The number of phenols is 1. The summed E-state index contributed by atoms with van der Waals surface area (Å²) < 4.78 is 10.1. The quantitative estimate of drug-likeness (QED) is 0.709. The predicted octanol–water partition coefficient (Wildman–Crippen LogP) is 0.842. The second kappa shape index (κ2) is 5.43. The Balaban J connectivity index is 3.00. The lowest BCUT2D eigenvalue weighted by Crippen LogP contribution is -2.04. The van der Waals surface area contributed by atoms with E-state index in [1.165, 1.54) is 14.2 Å². The van der Waals surface area contributed by atoms with E-state index in [9.17, 15) is 5.11 Å². The smallest absolute Gasteiger partial charge is 0.203 e. The van der Waals surface area contributed by atoms with Crippen LogP contribution in [0.3, 0.4) is 0 Å². The fourth-order valence-electron chi connectivity index (χ4n) is 1.32. The highest BCUT2D eigenvalue weighted by Crippen LogP contribution is 2.38. The molecule has 0 aliphatic heterocycles. The van der Waals surface area contributed by atoms with E-state index in [0.717, 1.165) is 0 Å². The summed E-state index contributed by atoms with van der Waals surface area (Å²) in [6, 6.07) is 3.47. The average molecular weight is 213 g/mol. The Morgan fingerprint density at radius 3 is 2.53 bits per heavy atom. The van der Waals surface area contributed by atoms with Crippen LogP contribution in [0.25, 0.3) is 0 Å². The molecule has 0 fully saturated rings. The molecule has 0 saturated carbocycles. The van der Waals surface area contributed by atoms with E-state index in [4.69, 9.17) is 15.4 Å². The summed E-state index contributed by atoms with van der Waals surface area (Å²) in [6.07, 6.45) is 0.517. The Bertz CT molecular complexity index is 327. The van der Waals surface area contributed by atoms with Crippen molar-refractivity contribution in [1.82, 2.24) is 0 Å². The summed E-state index contributed by atoms with van der Waals surface area (Å²) in [5.74, 6) is 5.80. The molecule has 0 heterocycles. The van der Waals surface area contributed by atoms with E-state index in [0.29, 0.717) is 30.1 Å². The molecule has 1 aromatic rings. The molecule has 84 valence electrons. The third kappa shape index (κ3) is 2.51. The van der Waals surface area contributed by atoms with Crippen molar-refractivity contribution in [3.05, 3.63) is 17.7 Å². The Morgan fingerprint density at radius 1 is 1.27 bits per heavy atom. The summed E-state index contributed by atoms with van der Waals surface area (Å²) in [5.41, 5.74) is 0.707. The van der Waals surface area contributed by atoms with E-state index >= 15 is 0 Å². The third-order valence-electron chi connectivity index (χ3n) is 2.09. The predicted molar refractivity (Wildman–Crippen MR) is 55.1 cm³/mol. The molecule has 15 heavy (non-hydrogen) atoms. The number of hydrogen-bond donors (Lipinski definition) is 2. The first-order chi connectivity index (χ1) is 7.24. The summed E-state index contributed by atoms with van der Waals surface area (Å²) in [6.45, 7) is 0.336. The molecule has 1 rings (SSSR count). The monoisotopic (exact) mass is 213 g/mol. The van der Waals surface area contributed by atoms with Gasteiger partial charge in [0.05, 0.1) is 20.8 Å². The molecular weight excluding hydrogens is 198 g/mol. The molecule has 0 atom stereocenters. The minimum atomic E-state index is 0.0638. The topological polar surface area (TPSA) is 73.9 Å². The van der Waals surface area contributed by atoms with Gasteiger partial charge in [-0.3, -0.25) is 0 Å². The van der Waals surface area contributed by atoms with Crippen LogP contribution in [-0.4, -0.2) is 25.9 Å². The maximum absolute atomic E-state index is 9.83. The van der Waals surface area contributed by atoms with Crippen LogP contribution < -0.4 is 15.4 Å². The van der Waals surface area contributed by atoms with Gasteiger partial charge >= 0.3 is 0 Å². The lowest BCUT2D eigenvalue weighted by molar-refractivity contribution is 0.140. The number of nitrogens with two attached hydrogens (primary N) is 1. The second-order valence-corrected chi connectivity index (χ2v) is 2.93. The van der Waals surface area contributed by atoms with E-state index in [2.05, 4.69) is 4.84 Å². The molecule has 0 radical (unpaired) electrons. The highest BCUT2D eigenvalue weighted by molar-refractivity contribution is 5.54. The molecule has 0 saturated heterocycles. The fraction of sp³-hybridized carbons (Fsp3) is 0.400. The second-order valence-electron chi connectivity index (χ2n) is 2.93.